The number of pyridine rings is 1. The van der Waals surface area contributed by atoms with Gasteiger partial charge in [-0.3, -0.25) is 9.78 Å². The predicted octanol–water partition coefficient (Wildman–Crippen LogP) is 3.16. The van der Waals surface area contributed by atoms with Crippen LogP contribution in [0.25, 0.3) is 17.3 Å². The van der Waals surface area contributed by atoms with Crippen LogP contribution in [0.3, 0.4) is 0 Å². The lowest BCUT2D eigenvalue weighted by molar-refractivity contribution is -0.115. The maximum atomic E-state index is 12.3. The topological polar surface area (TPSA) is 90.1 Å². The first kappa shape index (κ1) is 14.4. The number of benzene rings is 1. The standard InChI is InChI=1S/C17H12N4O2S/c18-17-21-13(9-24-17)11-1-2-14-12(8-11)20-16(22)15(23-14)7-10-3-5-19-6-4-10/h1-9H,(H2,18,21)(H,20,22)/b15-7+. The second-order valence-electron chi connectivity index (χ2n) is 5.13. The van der Waals surface area contributed by atoms with Gasteiger partial charge in [-0.1, -0.05) is 0 Å². The summed E-state index contributed by atoms with van der Waals surface area (Å²) in [7, 11) is 0. The number of amides is 1. The molecule has 0 spiro atoms. The molecular weight excluding hydrogens is 324 g/mol. The highest BCUT2D eigenvalue weighted by Crippen LogP contribution is 2.35. The van der Waals surface area contributed by atoms with Crippen molar-refractivity contribution in [1.82, 2.24) is 9.97 Å². The average Bonchev–Trinajstić information content (AvgIpc) is 3.03. The molecular formula is C17H12N4O2S. The molecule has 0 radical (unpaired) electrons. The minimum absolute atomic E-state index is 0.236. The Morgan fingerprint density at radius 1 is 1.21 bits per heavy atom. The molecule has 6 nitrogen and oxygen atoms in total. The molecule has 1 aromatic carbocycles. The molecule has 0 bridgehead atoms. The van der Waals surface area contributed by atoms with Gasteiger partial charge < -0.3 is 15.8 Å². The third-order valence-corrected chi connectivity index (χ3v) is 4.17. The number of thiazole rings is 1. The largest absolute Gasteiger partial charge is 0.449 e. The van der Waals surface area contributed by atoms with Gasteiger partial charge in [0, 0.05) is 23.3 Å². The summed E-state index contributed by atoms with van der Waals surface area (Å²) in [5.41, 5.74) is 8.76. The van der Waals surface area contributed by atoms with Gasteiger partial charge in [-0.05, 0) is 42.0 Å². The first-order chi connectivity index (χ1) is 11.7. The average molecular weight is 336 g/mol. The highest BCUT2D eigenvalue weighted by molar-refractivity contribution is 7.13. The normalized spacial score (nSPS) is 14.8. The fourth-order valence-corrected chi connectivity index (χ4v) is 2.92. The van der Waals surface area contributed by atoms with Crippen molar-refractivity contribution in [1.29, 1.82) is 0 Å². The van der Waals surface area contributed by atoms with Crippen molar-refractivity contribution >= 4 is 34.1 Å². The molecule has 0 unspecified atom stereocenters. The van der Waals surface area contributed by atoms with E-state index >= 15 is 0 Å². The number of nitrogen functional groups attached to an aromatic ring is 1. The van der Waals surface area contributed by atoms with E-state index in [0.29, 0.717) is 16.6 Å². The van der Waals surface area contributed by atoms with Crippen molar-refractivity contribution in [2.24, 2.45) is 0 Å². The summed E-state index contributed by atoms with van der Waals surface area (Å²) in [5, 5.41) is 5.22. The maximum absolute atomic E-state index is 12.3. The molecule has 3 N–H and O–H groups in total. The summed E-state index contributed by atoms with van der Waals surface area (Å²) >= 11 is 1.37. The second kappa shape index (κ2) is 5.78. The smallest absolute Gasteiger partial charge is 0.291 e. The van der Waals surface area contributed by atoms with Gasteiger partial charge in [0.05, 0.1) is 11.4 Å². The monoisotopic (exact) mass is 336 g/mol. The second-order valence-corrected chi connectivity index (χ2v) is 6.02. The minimum Gasteiger partial charge on any atom is -0.449 e. The first-order valence-electron chi connectivity index (χ1n) is 7.15. The van der Waals surface area contributed by atoms with Gasteiger partial charge in [-0.2, -0.15) is 0 Å². The quantitative estimate of drug-likeness (QED) is 0.702. The Kier molecular flexibility index (Phi) is 3.47. The van der Waals surface area contributed by atoms with Crippen LogP contribution < -0.4 is 15.8 Å². The van der Waals surface area contributed by atoms with Crippen LogP contribution in [0.5, 0.6) is 5.75 Å². The number of nitrogens with one attached hydrogen (secondary N) is 1. The zero-order valence-electron chi connectivity index (χ0n) is 12.4. The molecule has 2 aromatic heterocycles. The molecule has 0 atom stereocenters. The molecule has 24 heavy (non-hydrogen) atoms. The van der Waals surface area contributed by atoms with Gasteiger partial charge in [0.1, 0.15) is 0 Å². The molecule has 118 valence electrons. The molecule has 0 fully saturated rings. The Labute approximate surface area is 141 Å². The van der Waals surface area contributed by atoms with Crippen LogP contribution in [0.2, 0.25) is 0 Å². The SMILES string of the molecule is Nc1nc(-c2ccc3c(c2)NC(=O)/C(=C\c2ccncc2)O3)cs1. The Morgan fingerprint density at radius 3 is 2.79 bits per heavy atom. The van der Waals surface area contributed by atoms with Crippen LogP contribution in [-0.4, -0.2) is 15.9 Å². The van der Waals surface area contributed by atoms with Crippen molar-refractivity contribution in [2.45, 2.75) is 0 Å². The molecule has 1 amide bonds. The summed E-state index contributed by atoms with van der Waals surface area (Å²) < 4.78 is 5.73. The van der Waals surface area contributed by atoms with E-state index in [2.05, 4.69) is 15.3 Å². The van der Waals surface area contributed by atoms with Crippen LogP contribution in [0.15, 0.2) is 53.9 Å². The lowest BCUT2D eigenvalue weighted by atomic mass is 10.1. The number of ether oxygens (including phenoxy) is 1. The van der Waals surface area contributed by atoms with Crippen molar-refractivity contribution in [3.05, 3.63) is 59.4 Å². The van der Waals surface area contributed by atoms with Gasteiger partial charge in [0.25, 0.3) is 5.91 Å². The van der Waals surface area contributed by atoms with Crippen LogP contribution >= 0.6 is 11.3 Å². The molecule has 0 aliphatic carbocycles. The molecule has 3 heterocycles. The molecule has 0 saturated heterocycles. The van der Waals surface area contributed by atoms with E-state index in [0.717, 1.165) is 16.8 Å². The van der Waals surface area contributed by atoms with E-state index in [4.69, 9.17) is 10.5 Å². The maximum Gasteiger partial charge on any atom is 0.291 e. The van der Waals surface area contributed by atoms with Gasteiger partial charge in [0.2, 0.25) is 0 Å². The van der Waals surface area contributed by atoms with E-state index in [1.54, 1.807) is 36.7 Å². The predicted molar refractivity (Wildman–Crippen MR) is 93.4 cm³/mol. The summed E-state index contributed by atoms with van der Waals surface area (Å²) in [6.45, 7) is 0. The fourth-order valence-electron chi connectivity index (χ4n) is 2.35. The number of rotatable bonds is 2. The number of carbonyl (C=O) groups excluding carboxylic acids is 1. The summed E-state index contributed by atoms with van der Waals surface area (Å²) in [4.78, 5) is 20.5. The Hall–Kier alpha value is -3.19. The minimum atomic E-state index is -0.297. The van der Waals surface area contributed by atoms with Crippen molar-refractivity contribution in [3.63, 3.8) is 0 Å². The number of nitrogens with zero attached hydrogens (tertiary/aromatic N) is 2. The lowest BCUT2D eigenvalue weighted by Gasteiger charge is -2.20. The van der Waals surface area contributed by atoms with Gasteiger partial charge in [0.15, 0.2) is 16.6 Å². The number of aromatic nitrogens is 2. The van der Waals surface area contributed by atoms with Crippen LogP contribution in [0.4, 0.5) is 10.8 Å². The van der Waals surface area contributed by atoms with Gasteiger partial charge in [-0.15, -0.1) is 11.3 Å². The van der Waals surface area contributed by atoms with E-state index in [1.807, 2.05) is 17.5 Å². The third kappa shape index (κ3) is 2.72. The molecule has 7 heteroatoms. The summed E-state index contributed by atoms with van der Waals surface area (Å²) in [6.07, 6.45) is 4.99. The highest BCUT2D eigenvalue weighted by atomic mass is 32.1. The van der Waals surface area contributed by atoms with E-state index in [-0.39, 0.29) is 11.7 Å². The lowest BCUT2D eigenvalue weighted by Crippen LogP contribution is -2.23. The van der Waals surface area contributed by atoms with E-state index < -0.39 is 0 Å². The van der Waals surface area contributed by atoms with Crippen LogP contribution in [0.1, 0.15) is 5.56 Å². The van der Waals surface area contributed by atoms with Gasteiger partial charge >= 0.3 is 0 Å². The number of hydrogen-bond donors (Lipinski definition) is 2. The van der Waals surface area contributed by atoms with Crippen LogP contribution in [-0.2, 0) is 4.79 Å². The third-order valence-electron chi connectivity index (χ3n) is 3.49. The number of fused-ring (bicyclic) bond motifs is 1. The van der Waals surface area contributed by atoms with E-state index in [9.17, 15) is 4.79 Å². The zero-order valence-corrected chi connectivity index (χ0v) is 13.2. The summed E-state index contributed by atoms with van der Waals surface area (Å²) in [6, 6.07) is 9.11. The molecule has 0 saturated carbocycles. The number of hydrogen-bond acceptors (Lipinski definition) is 6. The molecule has 4 rings (SSSR count). The molecule has 1 aliphatic rings. The zero-order chi connectivity index (χ0) is 16.5. The van der Waals surface area contributed by atoms with Crippen molar-refractivity contribution in [3.8, 4) is 17.0 Å². The van der Waals surface area contributed by atoms with Crippen LogP contribution in [0, 0.1) is 0 Å². The molecule has 3 aromatic rings. The van der Waals surface area contributed by atoms with Crippen molar-refractivity contribution in [2.75, 3.05) is 11.1 Å². The Morgan fingerprint density at radius 2 is 2.04 bits per heavy atom. The van der Waals surface area contributed by atoms with Crippen molar-refractivity contribution < 1.29 is 9.53 Å². The Balaban J connectivity index is 1.66. The van der Waals surface area contributed by atoms with Gasteiger partial charge in [-0.25, -0.2) is 4.98 Å². The highest BCUT2D eigenvalue weighted by Gasteiger charge is 2.22. The number of nitrogens with two attached hydrogens (primary N) is 1. The number of carbonyl (C=O) groups is 1. The Bertz CT molecular complexity index is 950. The first-order valence-corrected chi connectivity index (χ1v) is 8.03. The molecule has 1 aliphatic heterocycles. The number of anilines is 2. The van der Waals surface area contributed by atoms with E-state index in [1.165, 1.54) is 11.3 Å². The fraction of sp³-hybridized carbons (Fsp3) is 0. The summed E-state index contributed by atoms with van der Waals surface area (Å²) in [5.74, 6) is 0.524.